The highest BCUT2D eigenvalue weighted by molar-refractivity contribution is 8.02. The summed E-state index contributed by atoms with van der Waals surface area (Å²) in [5.74, 6) is -2.07. The van der Waals surface area contributed by atoms with Gasteiger partial charge in [0.1, 0.15) is 18.2 Å². The molecule has 0 radical (unpaired) electrons. The zero-order valence-electron chi connectivity index (χ0n) is 23.4. The van der Waals surface area contributed by atoms with Crippen molar-refractivity contribution in [1.82, 2.24) is 24.8 Å². The second kappa shape index (κ2) is 11.2. The molecule has 218 valence electrons. The summed E-state index contributed by atoms with van der Waals surface area (Å²) < 4.78 is 5.83. The van der Waals surface area contributed by atoms with E-state index in [0.717, 1.165) is 36.7 Å². The Kier molecular flexibility index (Phi) is 7.67. The van der Waals surface area contributed by atoms with E-state index >= 15 is 0 Å². The number of fused-ring (bicyclic) bond motifs is 3. The van der Waals surface area contributed by atoms with E-state index < -0.39 is 27.4 Å². The van der Waals surface area contributed by atoms with Crippen LogP contribution in [0.25, 0.3) is 11.0 Å². The molecule has 1 spiro atoms. The quantitative estimate of drug-likeness (QED) is 0.288. The number of aromatic nitrogens is 3. The van der Waals surface area contributed by atoms with E-state index in [1.807, 2.05) is 43.3 Å². The number of hydrogen-bond acceptors (Lipinski definition) is 8. The van der Waals surface area contributed by atoms with Gasteiger partial charge in [-0.15, -0.1) is 16.9 Å². The minimum absolute atomic E-state index is 0.137. The Morgan fingerprint density at radius 2 is 1.88 bits per heavy atom. The molecule has 1 unspecified atom stereocenters. The number of aliphatic hydroxyl groups is 1. The molecule has 5 atom stereocenters. The number of likely N-dealkylation sites (tertiary alicyclic amines) is 1. The van der Waals surface area contributed by atoms with Crippen molar-refractivity contribution in [1.29, 1.82) is 0 Å². The molecule has 2 aromatic rings. The molecule has 0 bridgehead atoms. The topological polar surface area (TPSA) is 118 Å². The highest BCUT2D eigenvalue weighted by Gasteiger charge is 2.73. The van der Waals surface area contributed by atoms with Crippen LogP contribution in [0.1, 0.15) is 45.4 Å². The summed E-state index contributed by atoms with van der Waals surface area (Å²) in [6, 6.07) is 6.86. The summed E-state index contributed by atoms with van der Waals surface area (Å²) in [5, 5.41) is 17.7. The van der Waals surface area contributed by atoms with E-state index in [2.05, 4.69) is 22.5 Å². The number of aliphatic hydroxyl groups excluding tert-OH is 1. The third-order valence-electron chi connectivity index (χ3n) is 8.87. The molecule has 11 heteroatoms. The Labute approximate surface area is 243 Å². The van der Waals surface area contributed by atoms with Gasteiger partial charge in [-0.2, -0.15) is 0 Å². The van der Waals surface area contributed by atoms with Gasteiger partial charge in [-0.05, 0) is 44.7 Å². The Bertz CT molecular complexity index is 1390. The van der Waals surface area contributed by atoms with Crippen LogP contribution in [0.15, 0.2) is 48.6 Å². The number of ether oxygens (including phenoxy) is 1. The van der Waals surface area contributed by atoms with Crippen LogP contribution >= 0.6 is 11.8 Å². The second-order valence-corrected chi connectivity index (χ2v) is 13.4. The highest BCUT2D eigenvalue weighted by Crippen LogP contribution is 2.65. The monoisotopic (exact) mass is 579 g/mol. The number of nitrogens with zero attached hydrogens (tertiary/aromatic N) is 5. The maximum Gasteiger partial charge on any atom is 0.311 e. The third-order valence-corrected chi connectivity index (χ3v) is 10.7. The first-order valence-electron chi connectivity index (χ1n) is 14.6. The lowest BCUT2D eigenvalue weighted by Gasteiger charge is -2.36. The zero-order chi connectivity index (χ0) is 28.6. The molecule has 2 saturated heterocycles. The molecule has 41 heavy (non-hydrogen) atoms. The standard InChI is InChI=1S/C30H37N5O5S/c1-29-14-7-4-10-19-40-28(39)24(29)23-26(37)34(17-8-2-3-9-18-36)25-27(38)33(16-11-15-30(23,25)41-29)20-35-22-13-6-5-12-21(22)31-32-35/h5-7,11-15,23-25,36H,2-4,8-10,16-20H2,1H3/b14-7-/t23-,24+,25?,29-,30-/m0/s1. The lowest BCUT2D eigenvalue weighted by Crippen LogP contribution is -2.53. The van der Waals surface area contributed by atoms with Crippen molar-refractivity contribution < 1.29 is 24.2 Å². The van der Waals surface area contributed by atoms with Crippen LogP contribution in [0.2, 0.25) is 0 Å². The lowest BCUT2D eigenvalue weighted by atomic mass is 9.74. The highest BCUT2D eigenvalue weighted by atomic mass is 32.2. The van der Waals surface area contributed by atoms with Crippen LogP contribution in [-0.4, -0.2) is 89.5 Å². The number of para-hydroxylation sites is 1. The zero-order valence-corrected chi connectivity index (χ0v) is 24.2. The van der Waals surface area contributed by atoms with Crippen molar-refractivity contribution in [3.63, 3.8) is 0 Å². The Morgan fingerprint density at radius 1 is 1.05 bits per heavy atom. The van der Waals surface area contributed by atoms with Crippen molar-refractivity contribution in [3.8, 4) is 0 Å². The number of rotatable bonds is 8. The molecule has 0 saturated carbocycles. The van der Waals surface area contributed by atoms with Gasteiger partial charge in [0.05, 0.1) is 28.7 Å². The fourth-order valence-corrected chi connectivity index (χ4v) is 9.13. The third kappa shape index (κ3) is 4.76. The number of carbonyl (C=O) groups excluding carboxylic acids is 3. The van der Waals surface area contributed by atoms with Crippen molar-refractivity contribution in [2.24, 2.45) is 11.8 Å². The molecule has 4 aliphatic heterocycles. The average molecular weight is 580 g/mol. The van der Waals surface area contributed by atoms with E-state index in [0.29, 0.717) is 32.5 Å². The van der Waals surface area contributed by atoms with Crippen LogP contribution in [0, 0.1) is 11.8 Å². The van der Waals surface area contributed by atoms with Crippen LogP contribution in [0.3, 0.4) is 0 Å². The van der Waals surface area contributed by atoms with Crippen LogP contribution < -0.4 is 0 Å². The fraction of sp³-hybridized carbons (Fsp3) is 0.567. The number of thioether (sulfide) groups is 1. The minimum atomic E-state index is -0.902. The number of amides is 2. The van der Waals surface area contributed by atoms with E-state index in [-0.39, 0.29) is 31.1 Å². The summed E-state index contributed by atoms with van der Waals surface area (Å²) in [7, 11) is 0. The Hall–Kier alpha value is -3.18. The molecule has 0 aliphatic carbocycles. The minimum Gasteiger partial charge on any atom is -0.465 e. The smallest absolute Gasteiger partial charge is 0.311 e. The molecular formula is C30H37N5O5S. The van der Waals surface area contributed by atoms with Gasteiger partial charge in [0.15, 0.2) is 0 Å². The molecule has 4 aliphatic rings. The Morgan fingerprint density at radius 3 is 2.73 bits per heavy atom. The molecule has 6 rings (SSSR count). The van der Waals surface area contributed by atoms with E-state index in [4.69, 9.17) is 4.74 Å². The largest absolute Gasteiger partial charge is 0.465 e. The number of unbranched alkanes of at least 4 members (excludes halogenated alkanes) is 3. The molecule has 1 N–H and O–H groups in total. The molecule has 1 aromatic heterocycles. The van der Waals surface area contributed by atoms with Crippen molar-refractivity contribution in [3.05, 3.63) is 48.6 Å². The van der Waals surface area contributed by atoms with Crippen LogP contribution in [0.5, 0.6) is 0 Å². The number of allylic oxidation sites excluding steroid dienone is 1. The normalized spacial score (nSPS) is 32.1. The van der Waals surface area contributed by atoms with Gasteiger partial charge < -0.3 is 19.6 Å². The van der Waals surface area contributed by atoms with Crippen molar-refractivity contribution >= 4 is 40.6 Å². The number of esters is 1. The van der Waals surface area contributed by atoms with Gasteiger partial charge in [0.25, 0.3) is 0 Å². The van der Waals surface area contributed by atoms with Gasteiger partial charge in [0.2, 0.25) is 11.8 Å². The summed E-state index contributed by atoms with van der Waals surface area (Å²) in [6.45, 7) is 3.44. The molecule has 5 heterocycles. The lowest BCUT2D eigenvalue weighted by molar-refractivity contribution is -0.154. The first-order valence-corrected chi connectivity index (χ1v) is 15.4. The fourth-order valence-electron chi connectivity index (χ4n) is 6.98. The maximum atomic E-state index is 14.6. The number of hydrogen-bond donors (Lipinski definition) is 1. The predicted molar refractivity (Wildman–Crippen MR) is 154 cm³/mol. The van der Waals surface area contributed by atoms with Crippen molar-refractivity contribution in [2.45, 2.75) is 67.7 Å². The molecule has 2 fully saturated rings. The first kappa shape index (κ1) is 28.0. The first-order chi connectivity index (χ1) is 19.9. The number of carbonyl (C=O) groups is 3. The average Bonchev–Trinajstić information content (AvgIpc) is 3.53. The molecule has 10 nitrogen and oxygen atoms in total. The number of benzene rings is 1. The molecular weight excluding hydrogens is 542 g/mol. The van der Waals surface area contributed by atoms with E-state index in [1.165, 1.54) is 0 Å². The van der Waals surface area contributed by atoms with Gasteiger partial charge in [-0.1, -0.05) is 54.5 Å². The summed E-state index contributed by atoms with van der Waals surface area (Å²) in [4.78, 5) is 45.9. The second-order valence-electron chi connectivity index (χ2n) is 11.6. The summed E-state index contributed by atoms with van der Waals surface area (Å²) in [6.07, 6.45) is 12.8. The molecule has 2 amide bonds. The van der Waals surface area contributed by atoms with Crippen LogP contribution in [0.4, 0.5) is 0 Å². The van der Waals surface area contributed by atoms with E-state index in [9.17, 15) is 19.5 Å². The van der Waals surface area contributed by atoms with Gasteiger partial charge >= 0.3 is 5.97 Å². The van der Waals surface area contributed by atoms with E-state index in [1.54, 1.807) is 26.2 Å². The summed E-state index contributed by atoms with van der Waals surface area (Å²) >= 11 is 1.57. The van der Waals surface area contributed by atoms with Gasteiger partial charge in [-0.3, -0.25) is 14.4 Å². The Balaban J connectivity index is 1.38. The van der Waals surface area contributed by atoms with Crippen LogP contribution in [-0.2, 0) is 25.8 Å². The predicted octanol–water partition coefficient (Wildman–Crippen LogP) is 2.92. The van der Waals surface area contributed by atoms with Gasteiger partial charge in [-0.25, -0.2) is 4.68 Å². The molecule has 1 aromatic carbocycles. The summed E-state index contributed by atoms with van der Waals surface area (Å²) in [5.41, 5.74) is 1.58. The maximum absolute atomic E-state index is 14.6. The SMILES string of the molecule is C[C@]12/C=C\CCCOC(=O)[C@H]1[C@H]1C(=O)N(CCCCCCO)C3C(=O)N(Cn4nnc5ccccc54)CC=C[C@@]31S2. The van der Waals surface area contributed by atoms with Gasteiger partial charge in [0, 0.05) is 24.4 Å². The number of cyclic esters (lactones) is 1. The van der Waals surface area contributed by atoms with Crippen molar-refractivity contribution in [2.75, 3.05) is 26.3 Å².